The number of aromatic nitrogens is 1. The van der Waals surface area contributed by atoms with E-state index in [0.717, 1.165) is 16.5 Å². The van der Waals surface area contributed by atoms with Crippen LogP contribution in [0.25, 0.3) is 10.9 Å². The lowest BCUT2D eigenvalue weighted by atomic mass is 10.0. The van der Waals surface area contributed by atoms with Crippen LogP contribution in [-0.2, 0) is 14.3 Å². The number of hydrogen-bond donors (Lipinski definition) is 2. The largest absolute Gasteiger partial charge is 0.483 e. The van der Waals surface area contributed by atoms with Crippen molar-refractivity contribution in [3.63, 3.8) is 0 Å². The van der Waals surface area contributed by atoms with Crippen molar-refractivity contribution >= 4 is 22.8 Å². The molecule has 1 aromatic carbocycles. The van der Waals surface area contributed by atoms with Crippen molar-refractivity contribution in [2.24, 2.45) is 0 Å². The molecule has 1 aromatic heterocycles. The van der Waals surface area contributed by atoms with Gasteiger partial charge in [-0.2, -0.15) is 0 Å². The van der Waals surface area contributed by atoms with Crippen LogP contribution in [0.5, 0.6) is 5.75 Å². The van der Waals surface area contributed by atoms with Gasteiger partial charge in [-0.05, 0) is 37.5 Å². The second-order valence-electron chi connectivity index (χ2n) is 6.18. The molecule has 0 bridgehead atoms. The van der Waals surface area contributed by atoms with Gasteiger partial charge in [0.1, 0.15) is 12.3 Å². The Bertz CT molecular complexity index is 719. The molecule has 2 aromatic rings. The van der Waals surface area contributed by atoms with Gasteiger partial charge in [-0.3, -0.25) is 9.59 Å². The van der Waals surface area contributed by atoms with Gasteiger partial charge in [0.2, 0.25) is 0 Å². The molecule has 0 atom stereocenters. The third kappa shape index (κ3) is 4.50. The van der Waals surface area contributed by atoms with Gasteiger partial charge >= 0.3 is 5.97 Å². The summed E-state index contributed by atoms with van der Waals surface area (Å²) in [5, 5.41) is 3.48. The summed E-state index contributed by atoms with van der Waals surface area (Å²) in [6, 6.07) is 5.68. The topological polar surface area (TPSA) is 80.4 Å². The number of aromatic amines is 1. The molecular weight excluding hydrogens is 308 g/mol. The summed E-state index contributed by atoms with van der Waals surface area (Å²) in [4.78, 5) is 26.5. The fourth-order valence-corrected chi connectivity index (χ4v) is 2.42. The Morgan fingerprint density at radius 2 is 1.96 bits per heavy atom. The molecule has 0 saturated carbocycles. The third-order valence-corrected chi connectivity index (χ3v) is 3.48. The minimum absolute atomic E-state index is 0.156. The first-order valence-electron chi connectivity index (χ1n) is 8.07. The fourth-order valence-electron chi connectivity index (χ4n) is 2.42. The summed E-state index contributed by atoms with van der Waals surface area (Å²) in [6.07, 6.45) is 1.76. The molecule has 6 heteroatoms. The van der Waals surface area contributed by atoms with E-state index in [1.54, 1.807) is 13.8 Å². The summed E-state index contributed by atoms with van der Waals surface area (Å²) >= 11 is 0. The minimum Gasteiger partial charge on any atom is -0.483 e. The maximum absolute atomic E-state index is 11.8. The van der Waals surface area contributed by atoms with E-state index in [9.17, 15) is 9.59 Å². The quantitative estimate of drug-likeness (QED) is 0.764. The van der Waals surface area contributed by atoms with Crippen LogP contribution < -0.4 is 10.1 Å². The zero-order valence-corrected chi connectivity index (χ0v) is 14.5. The van der Waals surface area contributed by atoms with Crippen LogP contribution in [0.3, 0.4) is 0 Å². The van der Waals surface area contributed by atoms with Gasteiger partial charge in [0.05, 0.1) is 6.10 Å². The highest BCUT2D eigenvalue weighted by Crippen LogP contribution is 2.32. The lowest BCUT2D eigenvalue weighted by Gasteiger charge is -2.11. The normalized spacial score (nSPS) is 11.1. The average molecular weight is 332 g/mol. The molecule has 2 N–H and O–H groups in total. The van der Waals surface area contributed by atoms with E-state index in [2.05, 4.69) is 24.1 Å². The summed E-state index contributed by atoms with van der Waals surface area (Å²) in [5.74, 6) is 0.156. The number of benzene rings is 1. The van der Waals surface area contributed by atoms with Crippen LogP contribution in [-0.4, -0.2) is 36.1 Å². The summed E-state index contributed by atoms with van der Waals surface area (Å²) in [7, 11) is 0. The third-order valence-electron chi connectivity index (χ3n) is 3.48. The van der Waals surface area contributed by atoms with Gasteiger partial charge in [-0.15, -0.1) is 0 Å². The molecule has 0 saturated heterocycles. The minimum atomic E-state index is -0.465. The van der Waals surface area contributed by atoms with Crippen molar-refractivity contribution in [1.29, 1.82) is 0 Å². The van der Waals surface area contributed by atoms with E-state index in [-0.39, 0.29) is 25.2 Å². The Kier molecular flexibility index (Phi) is 5.84. The fraction of sp³-hybridized carbons (Fsp3) is 0.444. The molecule has 0 aliphatic rings. The van der Waals surface area contributed by atoms with E-state index >= 15 is 0 Å². The molecule has 1 amide bonds. The zero-order valence-electron chi connectivity index (χ0n) is 14.5. The van der Waals surface area contributed by atoms with Crippen LogP contribution in [0.4, 0.5) is 0 Å². The Morgan fingerprint density at radius 3 is 2.62 bits per heavy atom. The molecule has 130 valence electrons. The van der Waals surface area contributed by atoms with Gasteiger partial charge in [0, 0.05) is 17.1 Å². The Hall–Kier alpha value is -2.50. The van der Waals surface area contributed by atoms with E-state index in [1.165, 1.54) is 0 Å². The molecule has 6 nitrogen and oxygen atoms in total. The highest BCUT2D eigenvalue weighted by molar-refractivity contribution is 5.90. The molecular formula is C18H24N2O4. The highest BCUT2D eigenvalue weighted by Gasteiger charge is 2.14. The second kappa shape index (κ2) is 7.86. The summed E-state index contributed by atoms with van der Waals surface area (Å²) < 4.78 is 10.6. The van der Waals surface area contributed by atoms with Crippen LogP contribution in [0, 0.1) is 0 Å². The monoisotopic (exact) mass is 332 g/mol. The van der Waals surface area contributed by atoms with E-state index in [1.807, 2.05) is 24.4 Å². The SMILES string of the molecule is CC(C)OC(=O)CNC(=O)COc1cccc2[nH]cc(C(C)C)c12. The molecule has 1 heterocycles. The lowest BCUT2D eigenvalue weighted by Crippen LogP contribution is -2.34. The maximum Gasteiger partial charge on any atom is 0.325 e. The number of carbonyl (C=O) groups is 2. The van der Waals surface area contributed by atoms with Gasteiger partial charge in [0.15, 0.2) is 6.61 Å². The number of fused-ring (bicyclic) bond motifs is 1. The number of ether oxygens (including phenoxy) is 2. The number of rotatable bonds is 7. The van der Waals surface area contributed by atoms with Crippen LogP contribution >= 0.6 is 0 Å². The molecule has 0 unspecified atom stereocenters. The standard InChI is InChI=1S/C18H24N2O4/c1-11(2)13-8-19-14-6-5-7-15(18(13)14)23-10-16(21)20-9-17(22)24-12(3)4/h5-8,11-12,19H,9-10H2,1-4H3,(H,20,21). The van der Waals surface area contributed by atoms with Gasteiger partial charge < -0.3 is 19.8 Å². The van der Waals surface area contributed by atoms with E-state index in [4.69, 9.17) is 9.47 Å². The molecule has 24 heavy (non-hydrogen) atoms. The molecule has 0 aliphatic heterocycles. The van der Waals surface area contributed by atoms with Gasteiger partial charge in [-0.25, -0.2) is 0 Å². The summed E-state index contributed by atoms with van der Waals surface area (Å²) in [5.41, 5.74) is 2.11. The average Bonchev–Trinajstić information content (AvgIpc) is 2.95. The molecule has 0 fully saturated rings. The zero-order chi connectivity index (χ0) is 17.7. The predicted molar refractivity (Wildman–Crippen MR) is 92.1 cm³/mol. The number of hydrogen-bond acceptors (Lipinski definition) is 4. The molecule has 0 aliphatic carbocycles. The molecule has 0 spiro atoms. The Labute approximate surface area is 141 Å². The van der Waals surface area contributed by atoms with Crippen molar-refractivity contribution in [3.05, 3.63) is 30.0 Å². The molecule has 2 rings (SSSR count). The van der Waals surface area contributed by atoms with Crippen molar-refractivity contribution in [2.45, 2.75) is 39.7 Å². The van der Waals surface area contributed by atoms with Gasteiger partial charge in [0.25, 0.3) is 5.91 Å². The van der Waals surface area contributed by atoms with Crippen LogP contribution in [0.2, 0.25) is 0 Å². The number of nitrogens with one attached hydrogen (secondary N) is 2. The van der Waals surface area contributed by atoms with E-state index in [0.29, 0.717) is 11.7 Å². The first-order chi connectivity index (χ1) is 11.4. The molecule has 0 radical (unpaired) electrons. The smallest absolute Gasteiger partial charge is 0.325 e. The van der Waals surface area contributed by atoms with Crippen molar-refractivity contribution < 1.29 is 19.1 Å². The first kappa shape index (κ1) is 17.8. The van der Waals surface area contributed by atoms with Crippen molar-refractivity contribution in [2.75, 3.05) is 13.2 Å². The van der Waals surface area contributed by atoms with Crippen LogP contribution in [0.1, 0.15) is 39.2 Å². The maximum atomic E-state index is 11.8. The lowest BCUT2D eigenvalue weighted by molar-refractivity contribution is -0.147. The van der Waals surface area contributed by atoms with Crippen LogP contribution in [0.15, 0.2) is 24.4 Å². The van der Waals surface area contributed by atoms with Crippen molar-refractivity contribution in [1.82, 2.24) is 10.3 Å². The highest BCUT2D eigenvalue weighted by atomic mass is 16.5. The number of H-pyrrole nitrogens is 1. The van der Waals surface area contributed by atoms with Gasteiger partial charge in [-0.1, -0.05) is 19.9 Å². The van der Waals surface area contributed by atoms with E-state index < -0.39 is 5.97 Å². The Balaban J connectivity index is 1.97. The summed E-state index contributed by atoms with van der Waals surface area (Å²) in [6.45, 7) is 7.40. The Morgan fingerprint density at radius 1 is 1.21 bits per heavy atom. The second-order valence-corrected chi connectivity index (χ2v) is 6.18. The first-order valence-corrected chi connectivity index (χ1v) is 8.07. The number of amides is 1. The predicted octanol–water partition coefficient (Wildman–Crippen LogP) is 2.74. The number of esters is 1. The van der Waals surface area contributed by atoms with Crippen molar-refractivity contribution in [3.8, 4) is 5.75 Å². The number of carbonyl (C=O) groups excluding carboxylic acids is 2.